The Morgan fingerprint density at radius 1 is 0.952 bits per heavy atom. The molecule has 0 aromatic rings. The summed E-state index contributed by atoms with van der Waals surface area (Å²) in [6, 6.07) is 0. The molecule has 0 aromatic heterocycles. The molecular formula is C19H30O2. The van der Waals surface area contributed by atoms with Crippen molar-refractivity contribution < 1.29 is 10.2 Å². The molecule has 4 rings (SSSR count). The Balaban J connectivity index is 1.73. The van der Waals surface area contributed by atoms with Crippen LogP contribution in [-0.2, 0) is 0 Å². The van der Waals surface area contributed by atoms with Crippen LogP contribution in [0.1, 0.15) is 71.6 Å². The molecule has 4 aliphatic carbocycles. The molecule has 4 aliphatic rings. The number of hydrogen-bond acceptors (Lipinski definition) is 2. The first-order valence-electron chi connectivity index (χ1n) is 9.03. The number of aliphatic hydroxyl groups is 2. The van der Waals surface area contributed by atoms with Crippen molar-refractivity contribution in [2.75, 3.05) is 0 Å². The summed E-state index contributed by atoms with van der Waals surface area (Å²) >= 11 is 0. The third-order valence-electron chi connectivity index (χ3n) is 7.91. The van der Waals surface area contributed by atoms with Crippen LogP contribution in [0.4, 0.5) is 0 Å². The Bertz CT molecular complexity index is 482. The van der Waals surface area contributed by atoms with Gasteiger partial charge in [-0.05, 0) is 75.0 Å². The van der Waals surface area contributed by atoms with Gasteiger partial charge in [-0.3, -0.25) is 0 Å². The number of allylic oxidation sites excluding steroid dienone is 2. The lowest BCUT2D eigenvalue weighted by atomic mass is 9.51. The second-order valence-electron chi connectivity index (χ2n) is 8.74. The second kappa shape index (κ2) is 4.58. The van der Waals surface area contributed by atoms with Crippen molar-refractivity contribution in [2.45, 2.75) is 83.8 Å². The molecule has 2 heteroatoms. The topological polar surface area (TPSA) is 40.5 Å². The highest BCUT2D eigenvalue weighted by Gasteiger charge is 2.54. The summed E-state index contributed by atoms with van der Waals surface area (Å²) in [5, 5.41) is 20.5. The molecule has 0 heterocycles. The first kappa shape index (κ1) is 14.3. The number of rotatable bonds is 0. The Hall–Kier alpha value is -0.340. The van der Waals surface area contributed by atoms with E-state index in [1.165, 1.54) is 38.5 Å². The van der Waals surface area contributed by atoms with E-state index in [2.05, 4.69) is 13.8 Å². The van der Waals surface area contributed by atoms with Crippen LogP contribution in [0.5, 0.6) is 0 Å². The summed E-state index contributed by atoms with van der Waals surface area (Å²) in [5.41, 5.74) is 3.98. The van der Waals surface area contributed by atoms with Crippen molar-refractivity contribution in [1.29, 1.82) is 0 Å². The van der Waals surface area contributed by atoms with Crippen LogP contribution in [0.25, 0.3) is 0 Å². The third-order valence-corrected chi connectivity index (χ3v) is 7.91. The van der Waals surface area contributed by atoms with Crippen LogP contribution in [0.2, 0.25) is 0 Å². The molecule has 2 N–H and O–H groups in total. The SMILES string of the molecule is C[C@]12CCC(O)CC1CCC1=C2CC[C@]2(C)C(O)CC[C@@H]12. The quantitative estimate of drug-likeness (QED) is 0.666. The van der Waals surface area contributed by atoms with E-state index in [-0.39, 0.29) is 17.6 Å². The molecule has 2 nitrogen and oxygen atoms in total. The number of aliphatic hydroxyl groups excluding tert-OH is 2. The molecule has 0 aromatic carbocycles. The van der Waals surface area contributed by atoms with Gasteiger partial charge in [0.25, 0.3) is 0 Å². The van der Waals surface area contributed by atoms with Crippen LogP contribution in [-0.4, -0.2) is 22.4 Å². The smallest absolute Gasteiger partial charge is 0.0599 e. The minimum Gasteiger partial charge on any atom is -0.393 e. The zero-order valence-corrected chi connectivity index (χ0v) is 13.6. The highest BCUT2D eigenvalue weighted by molar-refractivity contribution is 5.34. The zero-order chi connectivity index (χ0) is 14.8. The Morgan fingerprint density at radius 3 is 2.57 bits per heavy atom. The van der Waals surface area contributed by atoms with Crippen LogP contribution in [0.15, 0.2) is 11.1 Å². The summed E-state index contributed by atoms with van der Waals surface area (Å²) < 4.78 is 0. The van der Waals surface area contributed by atoms with Crippen molar-refractivity contribution in [3.05, 3.63) is 11.1 Å². The minimum atomic E-state index is -0.0877. The average Bonchev–Trinajstić information content (AvgIpc) is 2.76. The van der Waals surface area contributed by atoms with E-state index in [4.69, 9.17) is 0 Å². The van der Waals surface area contributed by atoms with Gasteiger partial charge >= 0.3 is 0 Å². The first-order valence-corrected chi connectivity index (χ1v) is 9.03. The molecule has 0 aliphatic heterocycles. The van der Waals surface area contributed by atoms with Gasteiger partial charge in [-0.1, -0.05) is 25.0 Å². The van der Waals surface area contributed by atoms with E-state index in [1.807, 2.05) is 0 Å². The normalized spacial score (nSPS) is 53.1. The molecule has 0 bridgehead atoms. The fraction of sp³-hybridized carbons (Fsp3) is 0.895. The lowest BCUT2D eigenvalue weighted by Crippen LogP contribution is -2.45. The van der Waals surface area contributed by atoms with E-state index < -0.39 is 0 Å². The van der Waals surface area contributed by atoms with Gasteiger partial charge in [0.05, 0.1) is 12.2 Å². The average molecular weight is 290 g/mol. The van der Waals surface area contributed by atoms with Gasteiger partial charge in [0, 0.05) is 5.41 Å². The highest BCUT2D eigenvalue weighted by atomic mass is 16.3. The maximum absolute atomic E-state index is 10.4. The lowest BCUT2D eigenvalue weighted by Gasteiger charge is -2.54. The highest BCUT2D eigenvalue weighted by Crippen LogP contribution is 2.63. The number of hydrogen-bond donors (Lipinski definition) is 2. The summed E-state index contributed by atoms with van der Waals surface area (Å²) in [4.78, 5) is 0. The summed E-state index contributed by atoms with van der Waals surface area (Å²) in [6.07, 6.45) is 10.1. The van der Waals surface area contributed by atoms with E-state index in [0.717, 1.165) is 19.3 Å². The van der Waals surface area contributed by atoms with E-state index in [0.29, 0.717) is 17.3 Å². The zero-order valence-electron chi connectivity index (χ0n) is 13.6. The van der Waals surface area contributed by atoms with Gasteiger partial charge in [-0.25, -0.2) is 0 Å². The molecule has 0 spiro atoms. The largest absolute Gasteiger partial charge is 0.393 e. The molecule has 0 amide bonds. The lowest BCUT2D eigenvalue weighted by molar-refractivity contribution is 0.00233. The van der Waals surface area contributed by atoms with Crippen molar-refractivity contribution in [3.63, 3.8) is 0 Å². The fourth-order valence-electron chi connectivity index (χ4n) is 6.41. The van der Waals surface area contributed by atoms with Crippen molar-refractivity contribution in [3.8, 4) is 0 Å². The van der Waals surface area contributed by atoms with Gasteiger partial charge < -0.3 is 10.2 Å². The van der Waals surface area contributed by atoms with Crippen molar-refractivity contribution in [1.82, 2.24) is 0 Å². The molecule has 3 unspecified atom stereocenters. The van der Waals surface area contributed by atoms with Crippen molar-refractivity contribution >= 4 is 0 Å². The second-order valence-corrected chi connectivity index (χ2v) is 8.74. The molecular weight excluding hydrogens is 260 g/mol. The predicted molar refractivity (Wildman–Crippen MR) is 83.8 cm³/mol. The maximum Gasteiger partial charge on any atom is 0.0599 e. The standard InChI is InChI=1S/C19H30O2/c1-18-9-7-13(20)11-12(18)3-4-14-15-5-6-17(21)19(15,2)10-8-16(14)18/h12-13,15,17,20-21H,3-11H2,1-2H3/t12?,13?,15-,17?,18-,19-/m0/s1. The summed E-state index contributed by atoms with van der Waals surface area (Å²) in [6.45, 7) is 4.81. The molecule has 0 radical (unpaired) electrons. The van der Waals surface area contributed by atoms with Crippen LogP contribution < -0.4 is 0 Å². The van der Waals surface area contributed by atoms with Crippen molar-refractivity contribution in [2.24, 2.45) is 22.7 Å². The van der Waals surface area contributed by atoms with Gasteiger partial charge in [0.1, 0.15) is 0 Å². The summed E-state index contributed by atoms with van der Waals surface area (Å²) in [5.74, 6) is 1.33. The van der Waals surface area contributed by atoms with Crippen LogP contribution >= 0.6 is 0 Å². The van der Waals surface area contributed by atoms with E-state index >= 15 is 0 Å². The Kier molecular flexibility index (Phi) is 3.11. The predicted octanol–water partition coefficient (Wildman–Crippen LogP) is 3.82. The molecule has 2 saturated carbocycles. The molecule has 21 heavy (non-hydrogen) atoms. The van der Waals surface area contributed by atoms with Gasteiger partial charge in [-0.2, -0.15) is 0 Å². The minimum absolute atomic E-state index is 0.0626. The third kappa shape index (κ3) is 1.84. The fourth-order valence-corrected chi connectivity index (χ4v) is 6.41. The monoisotopic (exact) mass is 290 g/mol. The van der Waals surface area contributed by atoms with Crippen LogP contribution in [0.3, 0.4) is 0 Å². The molecule has 118 valence electrons. The van der Waals surface area contributed by atoms with Gasteiger partial charge in [0.15, 0.2) is 0 Å². The van der Waals surface area contributed by atoms with Gasteiger partial charge in [0.2, 0.25) is 0 Å². The van der Waals surface area contributed by atoms with Crippen LogP contribution in [0, 0.1) is 22.7 Å². The Morgan fingerprint density at radius 2 is 1.76 bits per heavy atom. The Labute approximate surface area is 128 Å². The maximum atomic E-state index is 10.4. The van der Waals surface area contributed by atoms with E-state index in [1.54, 1.807) is 11.1 Å². The molecule has 0 saturated heterocycles. The number of fused-ring (bicyclic) bond motifs is 4. The molecule has 6 atom stereocenters. The van der Waals surface area contributed by atoms with Gasteiger partial charge in [-0.15, -0.1) is 0 Å². The first-order chi connectivity index (χ1) is 9.95. The molecule has 2 fully saturated rings. The van der Waals surface area contributed by atoms with E-state index in [9.17, 15) is 10.2 Å². The summed E-state index contributed by atoms with van der Waals surface area (Å²) in [7, 11) is 0.